The minimum Gasteiger partial charge on any atom is -0.497 e. The summed E-state index contributed by atoms with van der Waals surface area (Å²) in [5.41, 5.74) is 0.276. The second-order valence-corrected chi connectivity index (χ2v) is 6.97. The summed E-state index contributed by atoms with van der Waals surface area (Å²) in [4.78, 5) is 14.2. The SMILES string of the molecule is COc1ccc([C@@H]2[C@H]3CCCC[C@@]3(O)CCN2C(C)=O)c(OC)c1. The van der Waals surface area contributed by atoms with E-state index in [9.17, 15) is 9.90 Å². The van der Waals surface area contributed by atoms with Crippen LogP contribution in [0, 0.1) is 5.92 Å². The Morgan fingerprint density at radius 3 is 2.71 bits per heavy atom. The van der Waals surface area contributed by atoms with E-state index in [0.717, 1.165) is 37.0 Å². The number of carbonyl (C=O) groups excluding carboxylic acids is 1. The molecule has 0 spiro atoms. The highest BCUT2D eigenvalue weighted by Gasteiger charge is 2.50. The molecule has 3 rings (SSSR count). The van der Waals surface area contributed by atoms with Crippen LogP contribution in [0.1, 0.15) is 50.6 Å². The van der Waals surface area contributed by atoms with Crippen LogP contribution in [0.25, 0.3) is 0 Å². The highest BCUT2D eigenvalue weighted by atomic mass is 16.5. The van der Waals surface area contributed by atoms with Crippen molar-refractivity contribution < 1.29 is 19.4 Å². The van der Waals surface area contributed by atoms with Gasteiger partial charge in [-0.15, -0.1) is 0 Å². The molecule has 0 radical (unpaired) electrons. The van der Waals surface area contributed by atoms with Crippen molar-refractivity contribution in [3.8, 4) is 11.5 Å². The van der Waals surface area contributed by atoms with E-state index in [1.807, 2.05) is 23.1 Å². The van der Waals surface area contributed by atoms with Crippen LogP contribution in [0.3, 0.4) is 0 Å². The Balaban J connectivity index is 2.07. The van der Waals surface area contributed by atoms with Gasteiger partial charge in [0.15, 0.2) is 0 Å². The minimum absolute atomic E-state index is 0.0468. The van der Waals surface area contributed by atoms with Gasteiger partial charge < -0.3 is 19.5 Å². The van der Waals surface area contributed by atoms with Crippen LogP contribution >= 0.6 is 0 Å². The first-order valence-corrected chi connectivity index (χ1v) is 8.71. The fourth-order valence-corrected chi connectivity index (χ4v) is 4.48. The van der Waals surface area contributed by atoms with Gasteiger partial charge >= 0.3 is 0 Å². The standard InChI is InChI=1S/C19H27NO4/c1-13(21)20-11-10-19(22)9-5-4-6-16(19)18(20)15-8-7-14(23-2)12-17(15)24-3/h7-8,12,16,18,22H,4-6,9-11H2,1-3H3/t16-,18-,19-/m1/s1. The smallest absolute Gasteiger partial charge is 0.219 e. The molecule has 5 nitrogen and oxygen atoms in total. The third-order valence-electron chi connectivity index (χ3n) is 5.73. The number of amides is 1. The van der Waals surface area contributed by atoms with Crippen molar-refractivity contribution in [1.29, 1.82) is 0 Å². The van der Waals surface area contributed by atoms with E-state index < -0.39 is 5.60 Å². The van der Waals surface area contributed by atoms with Gasteiger partial charge in [0.2, 0.25) is 5.91 Å². The lowest BCUT2D eigenvalue weighted by Gasteiger charge is -2.52. The predicted molar refractivity (Wildman–Crippen MR) is 91.2 cm³/mol. The maximum Gasteiger partial charge on any atom is 0.219 e. The summed E-state index contributed by atoms with van der Waals surface area (Å²) in [7, 11) is 3.25. The average molecular weight is 333 g/mol. The summed E-state index contributed by atoms with van der Waals surface area (Å²) in [5.74, 6) is 1.52. The Hall–Kier alpha value is -1.75. The number of fused-ring (bicyclic) bond motifs is 1. The second kappa shape index (κ2) is 6.63. The fourth-order valence-electron chi connectivity index (χ4n) is 4.48. The zero-order chi connectivity index (χ0) is 17.3. The summed E-state index contributed by atoms with van der Waals surface area (Å²) in [6.07, 6.45) is 4.55. The van der Waals surface area contributed by atoms with E-state index in [0.29, 0.717) is 18.7 Å². The summed E-state index contributed by atoms with van der Waals surface area (Å²) >= 11 is 0. The summed E-state index contributed by atoms with van der Waals surface area (Å²) in [5, 5.41) is 11.2. The fraction of sp³-hybridized carbons (Fsp3) is 0.632. The number of methoxy groups -OCH3 is 2. The van der Waals surface area contributed by atoms with Gasteiger partial charge in [0, 0.05) is 31.0 Å². The molecular weight excluding hydrogens is 306 g/mol. The number of hydrogen-bond donors (Lipinski definition) is 1. The first-order chi connectivity index (χ1) is 11.5. The van der Waals surface area contributed by atoms with Crippen molar-refractivity contribution in [2.75, 3.05) is 20.8 Å². The molecule has 0 unspecified atom stereocenters. The van der Waals surface area contributed by atoms with Crippen molar-refractivity contribution in [2.24, 2.45) is 5.92 Å². The second-order valence-electron chi connectivity index (χ2n) is 6.97. The molecule has 1 aromatic carbocycles. The molecule has 0 aromatic heterocycles. The summed E-state index contributed by atoms with van der Waals surface area (Å²) in [6.45, 7) is 2.19. The lowest BCUT2D eigenvalue weighted by Crippen LogP contribution is -2.55. The van der Waals surface area contributed by atoms with Crippen LogP contribution in [0.5, 0.6) is 11.5 Å². The number of aliphatic hydroxyl groups is 1. The molecule has 3 atom stereocenters. The monoisotopic (exact) mass is 333 g/mol. The molecule has 1 saturated heterocycles. The van der Waals surface area contributed by atoms with Crippen LogP contribution in [-0.2, 0) is 4.79 Å². The number of likely N-dealkylation sites (tertiary alicyclic amines) is 1. The maximum atomic E-state index is 12.3. The predicted octanol–water partition coefficient (Wildman–Crippen LogP) is 2.92. The number of hydrogen-bond acceptors (Lipinski definition) is 4. The number of ether oxygens (including phenoxy) is 2. The maximum absolute atomic E-state index is 12.3. The van der Waals surface area contributed by atoms with E-state index in [1.54, 1.807) is 21.1 Å². The van der Waals surface area contributed by atoms with Crippen LogP contribution in [0.4, 0.5) is 0 Å². The Morgan fingerprint density at radius 2 is 2.04 bits per heavy atom. The molecule has 1 aliphatic carbocycles. The molecule has 1 saturated carbocycles. The summed E-state index contributed by atoms with van der Waals surface area (Å²) < 4.78 is 10.9. The number of rotatable bonds is 3. The van der Waals surface area contributed by atoms with Gasteiger partial charge in [-0.3, -0.25) is 4.79 Å². The van der Waals surface area contributed by atoms with E-state index in [4.69, 9.17) is 9.47 Å². The van der Waals surface area contributed by atoms with Crippen LogP contribution in [-0.4, -0.2) is 42.3 Å². The van der Waals surface area contributed by atoms with Crippen molar-refractivity contribution in [2.45, 2.75) is 50.7 Å². The van der Waals surface area contributed by atoms with Gasteiger partial charge in [0.05, 0.1) is 25.9 Å². The molecule has 1 N–H and O–H groups in total. The third kappa shape index (κ3) is 2.86. The molecule has 5 heteroatoms. The van der Waals surface area contributed by atoms with E-state index >= 15 is 0 Å². The largest absolute Gasteiger partial charge is 0.497 e. The first kappa shape index (κ1) is 17.1. The number of carbonyl (C=O) groups is 1. The van der Waals surface area contributed by atoms with Crippen LogP contribution < -0.4 is 9.47 Å². The zero-order valence-electron chi connectivity index (χ0n) is 14.7. The van der Waals surface area contributed by atoms with E-state index in [2.05, 4.69) is 0 Å². The Bertz CT molecular complexity index is 617. The topological polar surface area (TPSA) is 59.0 Å². The number of piperidine rings is 1. The highest BCUT2D eigenvalue weighted by molar-refractivity contribution is 5.74. The molecular formula is C19H27NO4. The third-order valence-corrected chi connectivity index (χ3v) is 5.73. The van der Waals surface area contributed by atoms with E-state index in [-0.39, 0.29) is 17.9 Å². The molecule has 132 valence electrons. The summed E-state index contributed by atoms with van der Waals surface area (Å²) in [6, 6.07) is 5.57. The van der Waals surface area contributed by atoms with Crippen molar-refractivity contribution in [3.63, 3.8) is 0 Å². The van der Waals surface area contributed by atoms with Gasteiger partial charge in [-0.1, -0.05) is 12.8 Å². The normalized spacial score (nSPS) is 29.8. The van der Waals surface area contributed by atoms with Gasteiger partial charge in [0.25, 0.3) is 0 Å². The molecule has 1 aliphatic heterocycles. The zero-order valence-corrected chi connectivity index (χ0v) is 14.7. The lowest BCUT2D eigenvalue weighted by molar-refractivity contribution is -0.153. The van der Waals surface area contributed by atoms with Gasteiger partial charge in [-0.05, 0) is 31.4 Å². The Morgan fingerprint density at radius 1 is 1.25 bits per heavy atom. The Kier molecular flexibility index (Phi) is 4.72. The highest BCUT2D eigenvalue weighted by Crippen LogP contribution is 2.51. The van der Waals surface area contributed by atoms with Crippen LogP contribution in [0.15, 0.2) is 18.2 Å². The van der Waals surface area contributed by atoms with Crippen molar-refractivity contribution in [3.05, 3.63) is 23.8 Å². The molecule has 0 bridgehead atoms. The van der Waals surface area contributed by atoms with Crippen LogP contribution in [0.2, 0.25) is 0 Å². The number of benzene rings is 1. The molecule has 1 aromatic rings. The molecule has 24 heavy (non-hydrogen) atoms. The van der Waals surface area contributed by atoms with Crippen molar-refractivity contribution in [1.82, 2.24) is 4.90 Å². The molecule has 2 aliphatic rings. The van der Waals surface area contributed by atoms with Gasteiger partial charge in [0.1, 0.15) is 11.5 Å². The Labute approximate surface area is 143 Å². The minimum atomic E-state index is -0.681. The van der Waals surface area contributed by atoms with E-state index in [1.165, 1.54) is 0 Å². The first-order valence-electron chi connectivity index (χ1n) is 8.71. The molecule has 1 amide bonds. The quantitative estimate of drug-likeness (QED) is 0.924. The van der Waals surface area contributed by atoms with Gasteiger partial charge in [-0.2, -0.15) is 0 Å². The lowest BCUT2D eigenvalue weighted by atomic mass is 9.66. The average Bonchev–Trinajstić information content (AvgIpc) is 2.59. The van der Waals surface area contributed by atoms with Crippen molar-refractivity contribution >= 4 is 5.91 Å². The molecule has 2 fully saturated rings. The molecule has 1 heterocycles. The van der Waals surface area contributed by atoms with Gasteiger partial charge in [-0.25, -0.2) is 0 Å². The number of nitrogens with zero attached hydrogens (tertiary/aromatic N) is 1.